The fraction of sp³-hybridized carbons (Fsp3) is 0.333. The normalized spacial score (nSPS) is 16.7. The molecule has 2 amide bonds. The molecule has 1 fully saturated rings. The molecule has 1 aliphatic heterocycles. The molecule has 1 aromatic carbocycles. The van der Waals surface area contributed by atoms with Gasteiger partial charge in [-0.1, -0.05) is 12.1 Å². The molecule has 1 heterocycles. The number of nitrogens with one attached hydrogen (secondary N) is 1. The van der Waals surface area contributed by atoms with E-state index >= 15 is 0 Å². The number of carbonyl (C=O) groups excluding carboxylic acids is 2. The van der Waals surface area contributed by atoms with Crippen LogP contribution in [0.1, 0.15) is 16.8 Å². The first-order valence-corrected chi connectivity index (χ1v) is 5.94. The monoisotopic (exact) mass is 266 g/mol. The van der Waals surface area contributed by atoms with Gasteiger partial charge in [0.05, 0.1) is 30.7 Å². The molecular formula is C12H14N2O3S. The molecule has 18 heavy (non-hydrogen) atoms. The first-order chi connectivity index (χ1) is 8.52. The third-order valence-electron chi connectivity index (χ3n) is 2.80. The zero-order valence-electron chi connectivity index (χ0n) is 9.68. The first kappa shape index (κ1) is 12.9. The highest BCUT2D eigenvalue weighted by Crippen LogP contribution is 2.22. The predicted octanol–water partition coefficient (Wildman–Crippen LogP) is 0.349. The van der Waals surface area contributed by atoms with E-state index in [2.05, 4.69) is 17.9 Å². The molecule has 6 heteroatoms. The van der Waals surface area contributed by atoms with Crippen LogP contribution in [-0.2, 0) is 9.53 Å². The highest BCUT2D eigenvalue weighted by Gasteiger charge is 2.41. The van der Waals surface area contributed by atoms with Gasteiger partial charge >= 0.3 is 0 Å². The first-order valence-electron chi connectivity index (χ1n) is 5.49. The van der Waals surface area contributed by atoms with Crippen LogP contribution in [0.25, 0.3) is 0 Å². The summed E-state index contributed by atoms with van der Waals surface area (Å²) in [5.41, 5.74) is 4.97. The van der Waals surface area contributed by atoms with Gasteiger partial charge in [-0.05, 0) is 12.1 Å². The van der Waals surface area contributed by atoms with Crippen molar-refractivity contribution < 1.29 is 14.3 Å². The van der Waals surface area contributed by atoms with Crippen molar-refractivity contribution in [2.45, 2.75) is 16.9 Å². The van der Waals surface area contributed by atoms with E-state index in [1.165, 1.54) is 0 Å². The van der Waals surface area contributed by atoms with Crippen LogP contribution in [0.3, 0.4) is 0 Å². The standard InChI is InChI=1S/C12H14N2O3S/c13-10(15)5-12(6-17-7-12)14-11(16)8-3-1-2-4-9(8)18/h1-4,18H,5-7H2,(H2,13,15)(H,14,16). The number of primary amides is 1. The Kier molecular flexibility index (Phi) is 3.58. The molecule has 0 spiro atoms. The zero-order valence-corrected chi connectivity index (χ0v) is 10.6. The van der Waals surface area contributed by atoms with Crippen LogP contribution in [0.2, 0.25) is 0 Å². The van der Waals surface area contributed by atoms with Crippen molar-refractivity contribution in [1.29, 1.82) is 0 Å². The number of rotatable bonds is 4. The van der Waals surface area contributed by atoms with Crippen LogP contribution < -0.4 is 11.1 Å². The molecule has 0 aromatic heterocycles. The molecule has 0 atom stereocenters. The largest absolute Gasteiger partial charge is 0.376 e. The number of hydrogen-bond donors (Lipinski definition) is 3. The molecular weight excluding hydrogens is 252 g/mol. The average Bonchev–Trinajstić information content (AvgIpc) is 2.25. The number of ether oxygens (including phenoxy) is 1. The fourth-order valence-electron chi connectivity index (χ4n) is 1.87. The van der Waals surface area contributed by atoms with Gasteiger partial charge < -0.3 is 15.8 Å². The second kappa shape index (κ2) is 4.99. The SMILES string of the molecule is NC(=O)CC1(NC(=O)c2ccccc2S)COC1. The minimum Gasteiger partial charge on any atom is -0.376 e. The maximum absolute atomic E-state index is 12.1. The summed E-state index contributed by atoms with van der Waals surface area (Å²) in [6, 6.07) is 6.96. The van der Waals surface area contributed by atoms with Gasteiger partial charge in [-0.15, -0.1) is 12.6 Å². The van der Waals surface area contributed by atoms with E-state index in [4.69, 9.17) is 10.5 Å². The molecule has 2 rings (SSSR count). The minimum atomic E-state index is -0.668. The summed E-state index contributed by atoms with van der Waals surface area (Å²) in [6.45, 7) is 0.604. The summed E-state index contributed by atoms with van der Waals surface area (Å²) in [7, 11) is 0. The van der Waals surface area contributed by atoms with Gasteiger partial charge in [0.25, 0.3) is 5.91 Å². The van der Waals surface area contributed by atoms with E-state index < -0.39 is 11.4 Å². The van der Waals surface area contributed by atoms with Crippen molar-refractivity contribution in [3.63, 3.8) is 0 Å². The highest BCUT2D eigenvalue weighted by molar-refractivity contribution is 7.80. The van der Waals surface area contributed by atoms with Crippen LogP contribution in [-0.4, -0.2) is 30.6 Å². The third kappa shape index (κ3) is 2.65. The van der Waals surface area contributed by atoms with Gasteiger partial charge in [0.15, 0.2) is 0 Å². The molecule has 3 N–H and O–H groups in total. The fourth-order valence-corrected chi connectivity index (χ4v) is 2.14. The minimum absolute atomic E-state index is 0.0769. The number of nitrogens with two attached hydrogens (primary N) is 1. The van der Waals surface area contributed by atoms with Crippen molar-refractivity contribution in [3.05, 3.63) is 29.8 Å². The smallest absolute Gasteiger partial charge is 0.253 e. The Morgan fingerprint density at radius 1 is 1.39 bits per heavy atom. The molecule has 0 unspecified atom stereocenters. The number of thiol groups is 1. The molecule has 1 aromatic rings. The molecule has 96 valence electrons. The Balaban J connectivity index is 2.11. The van der Waals surface area contributed by atoms with E-state index in [-0.39, 0.29) is 12.3 Å². The van der Waals surface area contributed by atoms with Crippen LogP contribution >= 0.6 is 12.6 Å². The van der Waals surface area contributed by atoms with Crippen molar-refractivity contribution >= 4 is 24.4 Å². The van der Waals surface area contributed by atoms with E-state index in [0.717, 1.165) is 0 Å². The quantitative estimate of drug-likeness (QED) is 0.688. The number of benzene rings is 1. The second-order valence-electron chi connectivity index (χ2n) is 4.39. The van der Waals surface area contributed by atoms with Crippen LogP contribution in [0.5, 0.6) is 0 Å². The van der Waals surface area contributed by atoms with E-state index in [0.29, 0.717) is 23.7 Å². The van der Waals surface area contributed by atoms with Crippen LogP contribution in [0.4, 0.5) is 0 Å². The Labute approximate surface area is 110 Å². The zero-order chi connectivity index (χ0) is 13.2. The highest BCUT2D eigenvalue weighted by atomic mass is 32.1. The Bertz CT molecular complexity index is 486. The second-order valence-corrected chi connectivity index (χ2v) is 4.87. The summed E-state index contributed by atoms with van der Waals surface area (Å²) >= 11 is 4.22. The summed E-state index contributed by atoms with van der Waals surface area (Å²) in [6.07, 6.45) is 0.0769. The molecule has 0 radical (unpaired) electrons. The van der Waals surface area contributed by atoms with Gasteiger partial charge in [0, 0.05) is 4.90 Å². The van der Waals surface area contributed by atoms with Crippen LogP contribution in [0, 0.1) is 0 Å². The molecule has 0 bridgehead atoms. The van der Waals surface area contributed by atoms with Gasteiger partial charge in [-0.3, -0.25) is 9.59 Å². The lowest BCUT2D eigenvalue weighted by Crippen LogP contribution is -2.63. The lowest BCUT2D eigenvalue weighted by molar-refractivity contribution is -0.127. The third-order valence-corrected chi connectivity index (χ3v) is 3.19. The van der Waals surface area contributed by atoms with Crippen LogP contribution in [0.15, 0.2) is 29.2 Å². The van der Waals surface area contributed by atoms with Crippen molar-refractivity contribution in [2.24, 2.45) is 5.73 Å². The van der Waals surface area contributed by atoms with Gasteiger partial charge in [-0.25, -0.2) is 0 Å². The van der Waals surface area contributed by atoms with Gasteiger partial charge in [0.2, 0.25) is 5.91 Å². The number of hydrogen-bond acceptors (Lipinski definition) is 4. The maximum atomic E-state index is 12.1. The summed E-state index contributed by atoms with van der Waals surface area (Å²) < 4.78 is 5.06. The average molecular weight is 266 g/mol. The Morgan fingerprint density at radius 2 is 2.06 bits per heavy atom. The lowest BCUT2D eigenvalue weighted by atomic mass is 9.92. The molecule has 0 aliphatic carbocycles. The van der Waals surface area contributed by atoms with Gasteiger partial charge in [-0.2, -0.15) is 0 Å². The van der Waals surface area contributed by atoms with E-state index in [1.807, 2.05) is 0 Å². The molecule has 0 saturated carbocycles. The Morgan fingerprint density at radius 3 is 2.56 bits per heavy atom. The molecule has 1 saturated heterocycles. The molecule has 5 nitrogen and oxygen atoms in total. The predicted molar refractivity (Wildman–Crippen MR) is 68.5 cm³/mol. The maximum Gasteiger partial charge on any atom is 0.253 e. The Hall–Kier alpha value is -1.53. The number of carbonyl (C=O) groups is 2. The number of amides is 2. The lowest BCUT2D eigenvalue weighted by Gasteiger charge is -2.41. The van der Waals surface area contributed by atoms with Gasteiger partial charge in [0.1, 0.15) is 0 Å². The topological polar surface area (TPSA) is 81.4 Å². The summed E-state index contributed by atoms with van der Waals surface area (Å²) in [5, 5.41) is 2.80. The van der Waals surface area contributed by atoms with Crippen molar-refractivity contribution in [2.75, 3.05) is 13.2 Å². The van der Waals surface area contributed by atoms with Crippen molar-refractivity contribution in [3.8, 4) is 0 Å². The van der Waals surface area contributed by atoms with E-state index in [1.54, 1.807) is 24.3 Å². The van der Waals surface area contributed by atoms with E-state index in [9.17, 15) is 9.59 Å². The molecule has 1 aliphatic rings. The summed E-state index contributed by atoms with van der Waals surface area (Å²) in [5.74, 6) is -0.733. The summed E-state index contributed by atoms with van der Waals surface area (Å²) in [4.78, 5) is 23.7. The van der Waals surface area contributed by atoms with Crippen molar-refractivity contribution in [1.82, 2.24) is 5.32 Å².